The van der Waals surface area contributed by atoms with Crippen LogP contribution in [0, 0.1) is 0 Å². The smallest absolute Gasteiger partial charge is 0.0244 e. The average Bonchev–Trinajstić information content (AvgIpc) is 2.85. The molecule has 18 heavy (non-hydrogen) atoms. The van der Waals surface area contributed by atoms with E-state index < -0.39 is 0 Å². The Morgan fingerprint density at radius 1 is 1.28 bits per heavy atom. The van der Waals surface area contributed by atoms with Crippen LogP contribution in [0.25, 0.3) is 0 Å². The highest BCUT2D eigenvalue weighted by molar-refractivity contribution is 7.10. The molecule has 0 unspecified atom stereocenters. The number of hydrogen-bond acceptors (Lipinski definition) is 3. The predicted molar refractivity (Wildman–Crippen MR) is 80.3 cm³/mol. The minimum absolute atomic E-state index is 1.11. The number of fused-ring (bicyclic) bond motifs is 1. The van der Waals surface area contributed by atoms with Crippen molar-refractivity contribution in [3.63, 3.8) is 0 Å². The van der Waals surface area contributed by atoms with Crippen molar-refractivity contribution >= 4 is 11.3 Å². The molecule has 2 nitrogen and oxygen atoms in total. The maximum Gasteiger partial charge on any atom is 0.0244 e. The zero-order chi connectivity index (χ0) is 12.6. The van der Waals surface area contributed by atoms with Crippen LogP contribution in [0.1, 0.15) is 43.0 Å². The lowest BCUT2D eigenvalue weighted by Crippen LogP contribution is -2.30. The van der Waals surface area contributed by atoms with E-state index in [1.807, 2.05) is 11.3 Å². The van der Waals surface area contributed by atoms with Gasteiger partial charge in [-0.1, -0.05) is 19.8 Å². The predicted octanol–water partition coefficient (Wildman–Crippen LogP) is 3.28. The molecule has 0 fully saturated rings. The van der Waals surface area contributed by atoms with Crippen molar-refractivity contribution < 1.29 is 0 Å². The van der Waals surface area contributed by atoms with Gasteiger partial charge in [-0.3, -0.25) is 4.90 Å². The van der Waals surface area contributed by atoms with E-state index in [0.717, 1.165) is 6.54 Å². The number of nitrogens with zero attached hydrogens (tertiary/aromatic N) is 1. The number of unbranched alkanes of at least 4 members (excludes halogenated alkanes) is 3. The second-order valence-corrected chi connectivity index (χ2v) is 6.16. The third-order valence-corrected chi connectivity index (χ3v) is 4.74. The van der Waals surface area contributed by atoms with Crippen LogP contribution in [-0.2, 0) is 13.0 Å². The molecule has 1 aromatic heterocycles. The van der Waals surface area contributed by atoms with E-state index in [4.69, 9.17) is 0 Å². The van der Waals surface area contributed by atoms with Crippen molar-refractivity contribution in [2.45, 2.75) is 45.6 Å². The topological polar surface area (TPSA) is 15.3 Å². The normalized spacial score (nSPS) is 15.8. The first-order chi connectivity index (χ1) is 8.90. The fourth-order valence-electron chi connectivity index (χ4n) is 2.61. The van der Waals surface area contributed by atoms with Gasteiger partial charge in [0.25, 0.3) is 0 Å². The van der Waals surface area contributed by atoms with Crippen molar-refractivity contribution in [2.24, 2.45) is 0 Å². The molecule has 0 bridgehead atoms. The molecule has 0 saturated heterocycles. The molecule has 0 spiro atoms. The first-order valence-corrected chi connectivity index (χ1v) is 8.26. The van der Waals surface area contributed by atoms with Crippen LogP contribution >= 0.6 is 11.3 Å². The molecule has 2 heterocycles. The Morgan fingerprint density at radius 2 is 2.17 bits per heavy atom. The van der Waals surface area contributed by atoms with E-state index in [1.165, 1.54) is 58.3 Å². The van der Waals surface area contributed by atoms with Gasteiger partial charge in [-0.15, -0.1) is 11.3 Å². The molecule has 1 aliphatic rings. The van der Waals surface area contributed by atoms with Crippen LogP contribution in [-0.4, -0.2) is 31.1 Å². The number of rotatable bonds is 8. The summed E-state index contributed by atoms with van der Waals surface area (Å²) in [4.78, 5) is 4.25. The Bertz CT molecular complexity index is 335. The Balaban J connectivity index is 1.53. The number of hydrogen-bond donors (Lipinski definition) is 1. The van der Waals surface area contributed by atoms with Crippen molar-refractivity contribution in [1.82, 2.24) is 10.2 Å². The molecular weight excluding hydrogens is 240 g/mol. The van der Waals surface area contributed by atoms with Gasteiger partial charge in [0, 0.05) is 18.0 Å². The summed E-state index contributed by atoms with van der Waals surface area (Å²) in [5.41, 5.74) is 1.58. The van der Waals surface area contributed by atoms with E-state index in [-0.39, 0.29) is 0 Å². The van der Waals surface area contributed by atoms with E-state index >= 15 is 0 Å². The quantitative estimate of drug-likeness (QED) is 0.727. The minimum atomic E-state index is 1.11. The zero-order valence-electron chi connectivity index (χ0n) is 11.6. The van der Waals surface area contributed by atoms with Crippen molar-refractivity contribution in [3.8, 4) is 0 Å². The first-order valence-electron chi connectivity index (χ1n) is 7.38. The summed E-state index contributed by atoms with van der Waals surface area (Å²) >= 11 is 1.93. The number of nitrogens with one attached hydrogen (secondary N) is 1. The first kappa shape index (κ1) is 14.0. The summed E-state index contributed by atoms with van der Waals surface area (Å²) in [6.45, 7) is 8.22. The fourth-order valence-corrected chi connectivity index (χ4v) is 3.50. The standard InChI is InChI=1S/C15H26N2S/c1-2-16-9-5-3-4-6-10-17-11-7-15-14(13-17)8-12-18-15/h8,12,16H,2-7,9-11,13H2,1H3. The lowest BCUT2D eigenvalue weighted by atomic mass is 10.1. The number of thiophene rings is 1. The minimum Gasteiger partial charge on any atom is -0.317 e. The molecule has 2 rings (SSSR count). The molecular formula is C15H26N2S. The summed E-state index contributed by atoms with van der Waals surface area (Å²) < 4.78 is 0. The van der Waals surface area contributed by atoms with Gasteiger partial charge in [0.1, 0.15) is 0 Å². The van der Waals surface area contributed by atoms with Crippen LogP contribution < -0.4 is 5.32 Å². The molecule has 1 aromatic rings. The summed E-state index contributed by atoms with van der Waals surface area (Å²) in [5.74, 6) is 0. The van der Waals surface area contributed by atoms with Crippen molar-refractivity contribution in [2.75, 3.05) is 26.2 Å². The monoisotopic (exact) mass is 266 g/mol. The second-order valence-electron chi connectivity index (χ2n) is 5.16. The average molecular weight is 266 g/mol. The van der Waals surface area contributed by atoms with Gasteiger partial charge in [-0.2, -0.15) is 0 Å². The summed E-state index contributed by atoms with van der Waals surface area (Å²) in [5, 5.41) is 5.63. The maximum absolute atomic E-state index is 3.39. The van der Waals surface area contributed by atoms with E-state index in [2.05, 4.69) is 28.6 Å². The highest BCUT2D eigenvalue weighted by Gasteiger charge is 2.16. The molecule has 0 saturated carbocycles. The molecule has 1 aliphatic heterocycles. The van der Waals surface area contributed by atoms with Crippen LogP contribution in [0.5, 0.6) is 0 Å². The van der Waals surface area contributed by atoms with Crippen molar-refractivity contribution in [3.05, 3.63) is 21.9 Å². The molecule has 1 N–H and O–H groups in total. The second kappa shape index (κ2) is 7.93. The van der Waals surface area contributed by atoms with Gasteiger partial charge >= 0.3 is 0 Å². The SMILES string of the molecule is CCNCCCCCCN1CCc2sccc2C1. The van der Waals surface area contributed by atoms with E-state index in [9.17, 15) is 0 Å². The Hall–Kier alpha value is -0.380. The van der Waals surface area contributed by atoms with Gasteiger partial charge in [0.15, 0.2) is 0 Å². The Kier molecular flexibility index (Phi) is 6.18. The maximum atomic E-state index is 3.39. The van der Waals surface area contributed by atoms with Crippen molar-refractivity contribution in [1.29, 1.82) is 0 Å². The molecule has 0 aliphatic carbocycles. The lowest BCUT2D eigenvalue weighted by molar-refractivity contribution is 0.250. The van der Waals surface area contributed by atoms with Gasteiger partial charge in [0.05, 0.1) is 0 Å². The van der Waals surface area contributed by atoms with Crippen LogP contribution in [0.4, 0.5) is 0 Å². The molecule has 102 valence electrons. The molecule has 0 atom stereocenters. The zero-order valence-corrected chi connectivity index (χ0v) is 12.4. The van der Waals surface area contributed by atoms with Crippen LogP contribution in [0.2, 0.25) is 0 Å². The van der Waals surface area contributed by atoms with Gasteiger partial charge in [0.2, 0.25) is 0 Å². The molecule has 3 heteroatoms. The highest BCUT2D eigenvalue weighted by atomic mass is 32.1. The van der Waals surface area contributed by atoms with Gasteiger partial charge in [-0.25, -0.2) is 0 Å². The third-order valence-electron chi connectivity index (χ3n) is 3.71. The third kappa shape index (κ3) is 4.38. The molecule has 0 aromatic carbocycles. The van der Waals surface area contributed by atoms with E-state index in [1.54, 1.807) is 10.4 Å². The molecule has 0 amide bonds. The summed E-state index contributed by atoms with van der Waals surface area (Å²) in [7, 11) is 0. The summed E-state index contributed by atoms with van der Waals surface area (Å²) in [6, 6.07) is 2.31. The largest absolute Gasteiger partial charge is 0.317 e. The highest BCUT2D eigenvalue weighted by Crippen LogP contribution is 2.24. The lowest BCUT2D eigenvalue weighted by Gasteiger charge is -2.26. The summed E-state index contributed by atoms with van der Waals surface area (Å²) in [6.07, 6.45) is 6.74. The van der Waals surface area contributed by atoms with Crippen LogP contribution in [0.15, 0.2) is 11.4 Å². The van der Waals surface area contributed by atoms with Gasteiger partial charge < -0.3 is 5.32 Å². The van der Waals surface area contributed by atoms with Gasteiger partial charge in [-0.05, 0) is 55.9 Å². The molecule has 0 radical (unpaired) electrons. The Labute approximate surface area is 115 Å². The van der Waals surface area contributed by atoms with Crippen LogP contribution in [0.3, 0.4) is 0 Å². The Morgan fingerprint density at radius 3 is 3.06 bits per heavy atom. The van der Waals surface area contributed by atoms with E-state index in [0.29, 0.717) is 0 Å². The fraction of sp³-hybridized carbons (Fsp3) is 0.733.